The van der Waals surface area contributed by atoms with Gasteiger partial charge in [-0.3, -0.25) is 0 Å². The van der Waals surface area contributed by atoms with Gasteiger partial charge in [0.1, 0.15) is 5.75 Å². The molecule has 1 atom stereocenters. The Labute approximate surface area is 168 Å². The van der Waals surface area contributed by atoms with E-state index in [1.165, 1.54) is 17.2 Å². The molecule has 0 saturated carbocycles. The number of aromatic nitrogens is 2. The molecule has 4 N–H and O–H groups in total. The quantitative estimate of drug-likeness (QED) is 0.461. The van der Waals surface area contributed by atoms with E-state index in [0.717, 1.165) is 44.5 Å². The number of nitrogens with one attached hydrogen (secondary N) is 1. The van der Waals surface area contributed by atoms with Crippen LogP contribution in [0.5, 0.6) is 5.75 Å². The number of ether oxygens (including phenoxy) is 1. The van der Waals surface area contributed by atoms with Crippen LogP contribution in [0.3, 0.4) is 0 Å². The zero-order chi connectivity index (χ0) is 19.8. The zero-order valence-electron chi connectivity index (χ0n) is 16.1. The molecule has 0 amide bonds. The molecule has 2 aromatic carbocycles. The monoisotopic (exact) mass is 392 g/mol. The largest absolute Gasteiger partial charge is 0.506 e. The molecule has 1 aliphatic heterocycles. The van der Waals surface area contributed by atoms with Gasteiger partial charge >= 0.3 is 0 Å². The second-order valence-corrected chi connectivity index (χ2v) is 7.71. The highest BCUT2D eigenvalue weighted by Gasteiger charge is 2.28. The number of nitrogens with zero attached hydrogens (tertiary/aromatic N) is 2. The third-order valence-corrected chi connectivity index (χ3v) is 5.87. The van der Waals surface area contributed by atoms with Gasteiger partial charge in [0, 0.05) is 36.4 Å². The smallest absolute Gasteiger partial charge is 0.258 e. The van der Waals surface area contributed by atoms with Crippen LogP contribution < -0.4 is 11.1 Å². The lowest BCUT2D eigenvalue weighted by molar-refractivity contribution is 0.0749. The van der Waals surface area contributed by atoms with Crippen molar-refractivity contribution in [2.45, 2.75) is 37.8 Å². The maximum absolute atomic E-state index is 9.62. The van der Waals surface area contributed by atoms with Crippen molar-refractivity contribution in [3.8, 4) is 28.6 Å². The summed E-state index contributed by atoms with van der Waals surface area (Å²) in [5.41, 5.74) is 10.4. The van der Waals surface area contributed by atoms with E-state index in [9.17, 15) is 5.11 Å². The number of hydrogen-bond acceptors (Lipinski definition) is 7. The van der Waals surface area contributed by atoms with Crippen LogP contribution in [-0.2, 0) is 11.2 Å². The van der Waals surface area contributed by atoms with Gasteiger partial charge in [-0.25, -0.2) is 0 Å². The minimum atomic E-state index is 0.0393. The van der Waals surface area contributed by atoms with Gasteiger partial charge < -0.3 is 25.4 Å². The summed E-state index contributed by atoms with van der Waals surface area (Å²) in [4.78, 5) is 4.59. The van der Waals surface area contributed by atoms with Crippen molar-refractivity contribution in [1.82, 2.24) is 15.5 Å². The molecule has 0 radical (unpaired) electrons. The molecular weight excluding hydrogens is 368 g/mol. The van der Waals surface area contributed by atoms with Crippen LogP contribution in [0.15, 0.2) is 40.9 Å². The van der Waals surface area contributed by atoms with Crippen LogP contribution in [0.25, 0.3) is 22.8 Å². The van der Waals surface area contributed by atoms with Gasteiger partial charge in [-0.2, -0.15) is 4.98 Å². The molecule has 29 heavy (non-hydrogen) atoms. The predicted molar refractivity (Wildman–Crippen MR) is 109 cm³/mol. The van der Waals surface area contributed by atoms with E-state index < -0.39 is 0 Å². The molecule has 1 aliphatic carbocycles. The van der Waals surface area contributed by atoms with E-state index in [4.69, 9.17) is 15.0 Å². The summed E-state index contributed by atoms with van der Waals surface area (Å²) in [5, 5.41) is 17.6. The predicted octanol–water partition coefficient (Wildman–Crippen LogP) is 3.45. The van der Waals surface area contributed by atoms with Crippen LogP contribution in [-0.4, -0.2) is 34.5 Å². The number of rotatable bonds is 4. The number of benzene rings is 2. The second kappa shape index (κ2) is 7.50. The van der Waals surface area contributed by atoms with Crippen LogP contribution in [0.2, 0.25) is 0 Å². The lowest BCUT2D eigenvalue weighted by Crippen LogP contribution is -2.36. The topological polar surface area (TPSA) is 106 Å². The zero-order valence-corrected chi connectivity index (χ0v) is 16.1. The minimum Gasteiger partial charge on any atom is -0.506 e. The van der Waals surface area contributed by atoms with Gasteiger partial charge in [-0.15, -0.1) is 0 Å². The van der Waals surface area contributed by atoms with Crippen molar-refractivity contribution in [3.63, 3.8) is 0 Å². The number of hydrogen-bond donors (Lipinski definition) is 3. The van der Waals surface area contributed by atoms with Gasteiger partial charge in [0.2, 0.25) is 5.82 Å². The fraction of sp³-hybridized carbons (Fsp3) is 0.364. The Kier molecular flexibility index (Phi) is 4.69. The van der Waals surface area contributed by atoms with Crippen LogP contribution in [0, 0.1) is 0 Å². The Morgan fingerprint density at radius 3 is 2.79 bits per heavy atom. The summed E-state index contributed by atoms with van der Waals surface area (Å²) >= 11 is 0. The fourth-order valence-corrected chi connectivity index (χ4v) is 4.32. The average Bonchev–Trinajstić information content (AvgIpc) is 3.39. The number of aromatic hydroxyl groups is 1. The number of anilines is 1. The Hall–Kier alpha value is -2.90. The normalized spacial score (nSPS) is 19.4. The molecule has 3 aromatic rings. The van der Waals surface area contributed by atoms with Crippen LogP contribution in [0.4, 0.5) is 5.69 Å². The third-order valence-electron chi connectivity index (χ3n) is 5.87. The maximum Gasteiger partial charge on any atom is 0.258 e. The Morgan fingerprint density at radius 2 is 1.97 bits per heavy atom. The van der Waals surface area contributed by atoms with E-state index in [-0.39, 0.29) is 11.4 Å². The molecule has 7 heteroatoms. The van der Waals surface area contributed by atoms with Crippen molar-refractivity contribution < 1.29 is 14.4 Å². The standard InChI is InChI=1S/C22H24N4O3/c23-18-12-13(4-7-20(18)27)22-25-21(26-29-22)17-3-1-2-16-15(17)5-6-19(16)24-14-8-10-28-11-9-14/h1-4,7,12,14,19,24,27H,5-6,8-11,23H2. The first-order valence-electron chi connectivity index (χ1n) is 10.1. The van der Waals surface area contributed by atoms with Crippen molar-refractivity contribution in [3.05, 3.63) is 47.5 Å². The Morgan fingerprint density at radius 1 is 1.10 bits per heavy atom. The summed E-state index contributed by atoms with van der Waals surface area (Å²) in [6.07, 6.45) is 4.19. The third kappa shape index (κ3) is 3.47. The summed E-state index contributed by atoms with van der Waals surface area (Å²) < 4.78 is 11.0. The second-order valence-electron chi connectivity index (χ2n) is 7.71. The molecule has 1 unspecified atom stereocenters. The molecule has 7 nitrogen and oxygen atoms in total. The van der Waals surface area contributed by atoms with E-state index in [2.05, 4.69) is 33.7 Å². The fourth-order valence-electron chi connectivity index (χ4n) is 4.32. The highest BCUT2D eigenvalue weighted by Crippen LogP contribution is 2.38. The highest BCUT2D eigenvalue weighted by atomic mass is 16.5. The molecule has 1 aromatic heterocycles. The first kappa shape index (κ1) is 18.1. The van der Waals surface area contributed by atoms with E-state index >= 15 is 0 Å². The summed E-state index contributed by atoms with van der Waals surface area (Å²) in [6.45, 7) is 1.68. The van der Waals surface area contributed by atoms with E-state index in [0.29, 0.717) is 29.4 Å². The first-order chi connectivity index (χ1) is 14.2. The number of phenolic OH excluding ortho intramolecular Hbond substituents is 1. The average molecular weight is 392 g/mol. The SMILES string of the molecule is Nc1cc(-c2nc(-c3cccc4c3CCC4NC3CCOCC3)no2)ccc1O. The van der Waals surface area contributed by atoms with Gasteiger partial charge in [0.15, 0.2) is 0 Å². The summed E-state index contributed by atoms with van der Waals surface area (Å²) in [7, 11) is 0. The number of phenols is 1. The number of nitrogen functional groups attached to an aromatic ring is 1. The van der Waals surface area contributed by atoms with Gasteiger partial charge in [-0.1, -0.05) is 23.4 Å². The lowest BCUT2D eigenvalue weighted by Gasteiger charge is -2.27. The van der Waals surface area contributed by atoms with E-state index in [1.807, 2.05) is 0 Å². The van der Waals surface area contributed by atoms with Crippen molar-refractivity contribution in [2.75, 3.05) is 18.9 Å². The maximum atomic E-state index is 9.62. The van der Waals surface area contributed by atoms with Crippen molar-refractivity contribution >= 4 is 5.69 Å². The summed E-state index contributed by atoms with van der Waals surface area (Å²) in [5.74, 6) is 1.01. The van der Waals surface area contributed by atoms with Crippen molar-refractivity contribution in [2.24, 2.45) is 0 Å². The van der Waals surface area contributed by atoms with Crippen LogP contribution >= 0.6 is 0 Å². The molecule has 150 valence electrons. The van der Waals surface area contributed by atoms with Crippen molar-refractivity contribution in [1.29, 1.82) is 0 Å². The summed E-state index contributed by atoms with van der Waals surface area (Å²) in [6, 6.07) is 12.1. The minimum absolute atomic E-state index is 0.0393. The first-order valence-corrected chi connectivity index (χ1v) is 10.1. The van der Waals surface area contributed by atoms with E-state index in [1.54, 1.807) is 12.1 Å². The molecule has 1 fully saturated rings. The highest BCUT2D eigenvalue weighted by molar-refractivity contribution is 5.68. The van der Waals surface area contributed by atoms with Gasteiger partial charge in [0.25, 0.3) is 5.89 Å². The molecule has 5 rings (SSSR count). The molecule has 1 saturated heterocycles. The number of nitrogens with two attached hydrogens (primary N) is 1. The Balaban J connectivity index is 1.41. The molecular formula is C22H24N4O3. The molecule has 2 aliphatic rings. The number of fused-ring (bicyclic) bond motifs is 1. The van der Waals surface area contributed by atoms with Crippen LogP contribution in [0.1, 0.15) is 36.4 Å². The molecule has 2 heterocycles. The van der Waals surface area contributed by atoms with Gasteiger partial charge in [-0.05, 0) is 55.0 Å². The molecule has 0 spiro atoms. The molecule has 0 bridgehead atoms. The van der Waals surface area contributed by atoms with Gasteiger partial charge in [0.05, 0.1) is 5.69 Å². The Bertz CT molecular complexity index is 1030. The lowest BCUT2D eigenvalue weighted by atomic mass is 10.0.